The van der Waals surface area contributed by atoms with Gasteiger partial charge in [-0.1, -0.05) is 18.9 Å². The Morgan fingerprint density at radius 2 is 1.95 bits per heavy atom. The van der Waals surface area contributed by atoms with Gasteiger partial charge in [-0.3, -0.25) is 4.79 Å². The highest BCUT2D eigenvalue weighted by Gasteiger charge is 2.16. The van der Waals surface area contributed by atoms with Crippen molar-refractivity contribution < 1.29 is 14.3 Å². The van der Waals surface area contributed by atoms with Crippen LogP contribution in [0.2, 0.25) is 0 Å². The first-order valence-electron chi connectivity index (χ1n) is 7.59. The summed E-state index contributed by atoms with van der Waals surface area (Å²) in [5, 5.41) is 3.02. The Morgan fingerprint density at radius 1 is 1.23 bits per heavy atom. The zero-order valence-corrected chi connectivity index (χ0v) is 13.8. The summed E-state index contributed by atoms with van der Waals surface area (Å²) in [7, 11) is 0. The fourth-order valence-electron chi connectivity index (χ4n) is 2.36. The van der Waals surface area contributed by atoms with Crippen molar-refractivity contribution in [2.24, 2.45) is 5.73 Å². The number of unbranched alkanes of at least 4 members (excludes halogenated alkanes) is 3. The maximum Gasteiger partial charge on any atom is 0.231 e. The number of amides is 1. The number of benzene rings is 1. The monoisotopic (exact) mass is 328 g/mol. The number of hydrogen-bond donors (Lipinski definition) is 2. The van der Waals surface area contributed by atoms with Crippen LogP contribution in [0.25, 0.3) is 0 Å². The summed E-state index contributed by atoms with van der Waals surface area (Å²) in [6, 6.07) is 5.73. The van der Waals surface area contributed by atoms with E-state index in [0.717, 1.165) is 49.3 Å². The van der Waals surface area contributed by atoms with Crippen LogP contribution < -0.4 is 20.5 Å². The molecule has 1 aromatic carbocycles. The smallest absolute Gasteiger partial charge is 0.231 e. The molecule has 0 spiro atoms. The molecule has 0 saturated carbocycles. The van der Waals surface area contributed by atoms with E-state index in [4.69, 9.17) is 15.2 Å². The van der Waals surface area contributed by atoms with E-state index in [0.29, 0.717) is 6.42 Å². The van der Waals surface area contributed by atoms with Crippen molar-refractivity contribution in [2.45, 2.75) is 45.1 Å². The number of halogens is 1. The second-order valence-corrected chi connectivity index (χ2v) is 5.35. The Morgan fingerprint density at radius 3 is 2.73 bits per heavy atom. The number of fused-ring (bicyclic) bond motifs is 1. The molecule has 22 heavy (non-hydrogen) atoms. The van der Waals surface area contributed by atoms with E-state index >= 15 is 0 Å². The highest BCUT2D eigenvalue weighted by Crippen LogP contribution is 2.34. The summed E-state index contributed by atoms with van der Waals surface area (Å²) in [6.45, 7) is 2.97. The number of carbonyl (C=O) groups is 1. The van der Waals surface area contributed by atoms with Crippen molar-refractivity contribution in [1.29, 1.82) is 0 Å². The zero-order valence-electron chi connectivity index (χ0n) is 13.0. The normalized spacial score (nSPS) is 13.4. The molecule has 124 valence electrons. The predicted octanol–water partition coefficient (Wildman–Crippen LogP) is 2.92. The highest BCUT2D eigenvalue weighted by molar-refractivity contribution is 5.85. The summed E-state index contributed by atoms with van der Waals surface area (Å²) in [6.07, 6.45) is 4.68. The second kappa shape index (κ2) is 9.54. The molecule has 6 heteroatoms. The lowest BCUT2D eigenvalue weighted by atomic mass is 10.1. The first-order valence-corrected chi connectivity index (χ1v) is 7.59. The summed E-state index contributed by atoms with van der Waals surface area (Å²) >= 11 is 0. The van der Waals surface area contributed by atoms with Gasteiger partial charge in [-0.05, 0) is 44.0 Å². The van der Waals surface area contributed by atoms with Crippen molar-refractivity contribution in [1.82, 2.24) is 5.32 Å². The Hall–Kier alpha value is -1.46. The molecule has 1 heterocycles. The third kappa shape index (κ3) is 5.39. The number of nitrogens with two attached hydrogens (primary N) is 1. The van der Waals surface area contributed by atoms with Crippen molar-refractivity contribution in [2.75, 3.05) is 13.3 Å². The maximum absolute atomic E-state index is 11.9. The molecule has 0 saturated heterocycles. The van der Waals surface area contributed by atoms with E-state index in [-0.39, 0.29) is 31.1 Å². The molecule has 5 nitrogen and oxygen atoms in total. The molecule has 3 N–H and O–H groups in total. The molecule has 0 aliphatic carbocycles. The average Bonchev–Trinajstić information content (AvgIpc) is 2.94. The van der Waals surface area contributed by atoms with Crippen LogP contribution in [0.1, 0.15) is 50.6 Å². The fourth-order valence-corrected chi connectivity index (χ4v) is 2.36. The number of carbonyl (C=O) groups excluding carboxylic acids is 1. The maximum atomic E-state index is 11.9. The number of nitrogens with one attached hydrogen (secondary N) is 1. The van der Waals surface area contributed by atoms with Gasteiger partial charge in [-0.2, -0.15) is 0 Å². The molecule has 2 rings (SSSR count). The lowest BCUT2D eigenvalue weighted by Crippen LogP contribution is -2.26. The Labute approximate surface area is 138 Å². The van der Waals surface area contributed by atoms with Crippen LogP contribution in [0, 0.1) is 0 Å². The van der Waals surface area contributed by atoms with Crippen LogP contribution in [0.4, 0.5) is 0 Å². The third-order valence-electron chi connectivity index (χ3n) is 3.63. The Kier molecular flexibility index (Phi) is 8.06. The van der Waals surface area contributed by atoms with Gasteiger partial charge in [0, 0.05) is 6.42 Å². The molecule has 1 unspecified atom stereocenters. The summed E-state index contributed by atoms with van der Waals surface area (Å²) in [4.78, 5) is 11.9. The summed E-state index contributed by atoms with van der Waals surface area (Å²) in [5.41, 5.74) is 6.46. The molecular weight excluding hydrogens is 304 g/mol. The standard InChI is InChI=1S/C16H24N2O3.ClH/c1-12(18-16(19)6-4-2-3-5-9-17)13-7-8-14-15(10-13)21-11-20-14;/h7-8,10,12H,2-6,9,11,17H2,1H3,(H,18,19);1H. The molecule has 1 aliphatic rings. The lowest BCUT2D eigenvalue weighted by Gasteiger charge is -2.14. The van der Waals surface area contributed by atoms with Crippen LogP contribution in [0.5, 0.6) is 11.5 Å². The largest absolute Gasteiger partial charge is 0.454 e. The Bertz CT molecular complexity index is 482. The van der Waals surface area contributed by atoms with Gasteiger partial charge in [-0.25, -0.2) is 0 Å². The topological polar surface area (TPSA) is 73.6 Å². The van der Waals surface area contributed by atoms with Gasteiger partial charge in [0.2, 0.25) is 12.7 Å². The van der Waals surface area contributed by atoms with Crippen molar-refractivity contribution >= 4 is 18.3 Å². The lowest BCUT2D eigenvalue weighted by molar-refractivity contribution is -0.121. The van der Waals surface area contributed by atoms with E-state index in [1.54, 1.807) is 0 Å². The molecule has 1 aromatic rings. The third-order valence-corrected chi connectivity index (χ3v) is 3.63. The Balaban J connectivity index is 0.00000242. The van der Waals surface area contributed by atoms with Gasteiger partial charge in [-0.15, -0.1) is 12.4 Å². The van der Waals surface area contributed by atoms with Gasteiger partial charge in [0.05, 0.1) is 6.04 Å². The zero-order chi connectivity index (χ0) is 15.1. The van der Waals surface area contributed by atoms with E-state index in [1.807, 2.05) is 25.1 Å². The minimum Gasteiger partial charge on any atom is -0.454 e. The molecule has 0 bridgehead atoms. The van der Waals surface area contributed by atoms with E-state index in [9.17, 15) is 4.79 Å². The fraction of sp³-hybridized carbons (Fsp3) is 0.562. The first-order chi connectivity index (χ1) is 10.2. The highest BCUT2D eigenvalue weighted by atomic mass is 35.5. The van der Waals surface area contributed by atoms with Crippen molar-refractivity contribution in [3.8, 4) is 11.5 Å². The summed E-state index contributed by atoms with van der Waals surface area (Å²) in [5.74, 6) is 1.60. The van der Waals surface area contributed by atoms with Crippen molar-refractivity contribution in [3.05, 3.63) is 23.8 Å². The predicted molar refractivity (Wildman–Crippen MR) is 88.5 cm³/mol. The van der Waals surface area contributed by atoms with E-state index < -0.39 is 0 Å². The van der Waals surface area contributed by atoms with E-state index in [2.05, 4.69) is 5.32 Å². The number of ether oxygens (including phenoxy) is 2. The first kappa shape index (κ1) is 18.6. The van der Waals surface area contributed by atoms with Gasteiger partial charge < -0.3 is 20.5 Å². The second-order valence-electron chi connectivity index (χ2n) is 5.35. The van der Waals surface area contributed by atoms with Crippen molar-refractivity contribution in [3.63, 3.8) is 0 Å². The van der Waals surface area contributed by atoms with Crippen LogP contribution >= 0.6 is 12.4 Å². The molecular formula is C16H25ClN2O3. The van der Waals surface area contributed by atoms with Crippen LogP contribution in [-0.2, 0) is 4.79 Å². The van der Waals surface area contributed by atoms with Gasteiger partial charge in [0.1, 0.15) is 0 Å². The molecule has 0 radical (unpaired) electrons. The van der Waals surface area contributed by atoms with Crippen LogP contribution in [0.15, 0.2) is 18.2 Å². The van der Waals surface area contributed by atoms with Crippen LogP contribution in [-0.4, -0.2) is 19.2 Å². The average molecular weight is 329 g/mol. The van der Waals surface area contributed by atoms with Gasteiger partial charge >= 0.3 is 0 Å². The van der Waals surface area contributed by atoms with Gasteiger partial charge in [0.25, 0.3) is 0 Å². The van der Waals surface area contributed by atoms with Gasteiger partial charge in [0.15, 0.2) is 11.5 Å². The molecule has 0 fully saturated rings. The molecule has 1 amide bonds. The number of hydrogen-bond acceptors (Lipinski definition) is 4. The molecule has 0 aromatic heterocycles. The van der Waals surface area contributed by atoms with Crippen LogP contribution in [0.3, 0.4) is 0 Å². The SMILES string of the molecule is CC(NC(=O)CCCCCCN)c1ccc2c(c1)OCO2.Cl. The summed E-state index contributed by atoms with van der Waals surface area (Å²) < 4.78 is 10.6. The number of rotatable bonds is 8. The minimum absolute atomic E-state index is 0. The minimum atomic E-state index is -0.0314. The quantitative estimate of drug-likeness (QED) is 0.720. The molecule has 1 atom stereocenters. The molecule has 1 aliphatic heterocycles. The van der Waals surface area contributed by atoms with E-state index in [1.165, 1.54) is 0 Å².